The molecule has 1 aliphatic rings. The second-order valence-electron chi connectivity index (χ2n) is 4.70. The van der Waals surface area contributed by atoms with Crippen molar-refractivity contribution in [2.75, 3.05) is 11.9 Å². The van der Waals surface area contributed by atoms with E-state index in [-0.39, 0.29) is 18.0 Å². The summed E-state index contributed by atoms with van der Waals surface area (Å²) in [5.74, 6) is 0.387. The number of nitrogens with zero attached hydrogens (tertiary/aromatic N) is 3. The molecule has 19 heavy (non-hydrogen) atoms. The molecule has 0 amide bonds. The number of nitrogens with one attached hydrogen (secondary N) is 1. The number of nitriles is 1. The van der Waals surface area contributed by atoms with Crippen LogP contribution < -0.4 is 5.32 Å². The first-order chi connectivity index (χ1) is 9.10. The van der Waals surface area contributed by atoms with Crippen LogP contribution in [-0.4, -0.2) is 27.2 Å². The van der Waals surface area contributed by atoms with Crippen molar-refractivity contribution in [3.63, 3.8) is 0 Å². The third-order valence-electron chi connectivity index (χ3n) is 3.43. The van der Waals surface area contributed by atoms with Gasteiger partial charge in [-0.2, -0.15) is 5.26 Å². The molecule has 0 radical (unpaired) electrons. The van der Waals surface area contributed by atoms with Gasteiger partial charge >= 0.3 is 5.69 Å². The first kappa shape index (κ1) is 13.2. The lowest BCUT2D eigenvalue weighted by atomic mass is 9.99. The van der Waals surface area contributed by atoms with E-state index in [4.69, 9.17) is 5.26 Å². The molecule has 1 aliphatic carbocycles. The first-order valence-corrected chi connectivity index (χ1v) is 6.05. The minimum absolute atomic E-state index is 0.0203. The van der Waals surface area contributed by atoms with Crippen LogP contribution in [0.2, 0.25) is 0 Å². The molecule has 0 spiro atoms. The fraction of sp³-hybridized carbons (Fsp3) is 0.500. The molecule has 100 valence electrons. The Hall–Kier alpha value is -2.20. The van der Waals surface area contributed by atoms with Crippen molar-refractivity contribution in [2.24, 2.45) is 0 Å². The summed E-state index contributed by atoms with van der Waals surface area (Å²) in [6, 6.07) is 4.44. The number of hydrogen-bond donors (Lipinski definition) is 2. The van der Waals surface area contributed by atoms with Crippen LogP contribution in [0, 0.1) is 21.4 Å². The number of pyridine rings is 1. The molecular weight excluding hydrogens is 248 g/mol. The lowest BCUT2D eigenvalue weighted by Crippen LogP contribution is -2.39. The highest BCUT2D eigenvalue weighted by Crippen LogP contribution is 2.32. The van der Waals surface area contributed by atoms with E-state index in [0.29, 0.717) is 5.82 Å². The maximum atomic E-state index is 10.7. The number of hydrogen-bond acceptors (Lipinski definition) is 6. The van der Waals surface area contributed by atoms with Gasteiger partial charge in [-0.3, -0.25) is 10.1 Å². The van der Waals surface area contributed by atoms with Crippen LogP contribution in [-0.2, 0) is 0 Å². The van der Waals surface area contributed by atoms with E-state index in [1.807, 2.05) is 0 Å². The zero-order valence-electron chi connectivity index (χ0n) is 10.3. The van der Waals surface area contributed by atoms with Crippen LogP contribution in [0.1, 0.15) is 31.4 Å². The largest absolute Gasteiger partial charge is 0.394 e. The van der Waals surface area contributed by atoms with Crippen molar-refractivity contribution in [1.82, 2.24) is 4.98 Å². The minimum Gasteiger partial charge on any atom is -0.394 e. The molecule has 0 aliphatic heterocycles. The number of rotatable bonds is 4. The van der Waals surface area contributed by atoms with Gasteiger partial charge in [0, 0.05) is 6.07 Å². The highest BCUT2D eigenvalue weighted by molar-refractivity contribution is 5.51. The normalized spacial score (nSPS) is 16.8. The summed E-state index contributed by atoms with van der Waals surface area (Å²) in [6.07, 6.45) is 3.69. The van der Waals surface area contributed by atoms with E-state index in [1.165, 1.54) is 12.1 Å². The molecule has 0 bridgehead atoms. The number of anilines is 1. The highest BCUT2D eigenvalue weighted by atomic mass is 16.6. The highest BCUT2D eigenvalue weighted by Gasteiger charge is 2.33. The molecule has 0 saturated heterocycles. The van der Waals surface area contributed by atoms with Crippen LogP contribution in [0.25, 0.3) is 0 Å². The minimum atomic E-state index is -0.632. The number of aliphatic hydroxyl groups excluding tert-OH is 1. The van der Waals surface area contributed by atoms with Gasteiger partial charge < -0.3 is 10.4 Å². The zero-order valence-corrected chi connectivity index (χ0v) is 10.3. The fourth-order valence-corrected chi connectivity index (χ4v) is 2.40. The standard InChI is InChI=1S/C12H14N4O3/c13-7-9-10(16(18)19)3-4-11(14-9)15-12(8-17)5-1-2-6-12/h3-4,17H,1-2,5-6,8H2,(H,14,15). The van der Waals surface area contributed by atoms with Crippen molar-refractivity contribution in [3.8, 4) is 6.07 Å². The molecule has 1 aromatic heterocycles. The molecule has 2 rings (SSSR count). The predicted octanol–water partition coefficient (Wildman–Crippen LogP) is 1.58. The Bertz CT molecular complexity index is 532. The van der Waals surface area contributed by atoms with Crippen LogP contribution in [0.5, 0.6) is 0 Å². The van der Waals surface area contributed by atoms with Gasteiger partial charge in [-0.1, -0.05) is 12.8 Å². The Labute approximate surface area is 110 Å². The molecule has 7 nitrogen and oxygen atoms in total. The molecule has 1 saturated carbocycles. The molecule has 7 heteroatoms. The molecular formula is C12H14N4O3. The van der Waals surface area contributed by atoms with E-state index < -0.39 is 10.5 Å². The molecule has 1 heterocycles. The third kappa shape index (κ3) is 2.63. The van der Waals surface area contributed by atoms with E-state index >= 15 is 0 Å². The fourth-order valence-electron chi connectivity index (χ4n) is 2.40. The number of aliphatic hydroxyl groups is 1. The van der Waals surface area contributed by atoms with Gasteiger partial charge in [0.05, 0.1) is 17.1 Å². The summed E-state index contributed by atoms with van der Waals surface area (Å²) in [7, 11) is 0. The maximum Gasteiger partial charge on any atom is 0.305 e. The average Bonchev–Trinajstić information content (AvgIpc) is 2.87. The van der Waals surface area contributed by atoms with Crippen molar-refractivity contribution >= 4 is 11.5 Å². The van der Waals surface area contributed by atoms with Gasteiger partial charge in [0.25, 0.3) is 0 Å². The molecule has 0 aromatic carbocycles. The summed E-state index contributed by atoms with van der Waals surface area (Å²) in [6.45, 7) is -0.0203. The van der Waals surface area contributed by atoms with Crippen LogP contribution >= 0.6 is 0 Å². The first-order valence-electron chi connectivity index (χ1n) is 6.05. The van der Waals surface area contributed by atoms with Gasteiger partial charge in [0.2, 0.25) is 5.69 Å². The monoisotopic (exact) mass is 262 g/mol. The van der Waals surface area contributed by atoms with E-state index in [1.54, 1.807) is 6.07 Å². The lowest BCUT2D eigenvalue weighted by Gasteiger charge is -2.28. The van der Waals surface area contributed by atoms with Gasteiger partial charge in [0.1, 0.15) is 11.9 Å². The van der Waals surface area contributed by atoms with Crippen LogP contribution in [0.15, 0.2) is 12.1 Å². The lowest BCUT2D eigenvalue weighted by molar-refractivity contribution is -0.385. The molecule has 2 N–H and O–H groups in total. The predicted molar refractivity (Wildman–Crippen MR) is 67.5 cm³/mol. The summed E-state index contributed by atoms with van der Waals surface area (Å²) in [5.41, 5.74) is -0.950. The van der Waals surface area contributed by atoms with E-state index in [9.17, 15) is 15.2 Å². The number of aromatic nitrogens is 1. The zero-order chi connectivity index (χ0) is 13.9. The Kier molecular flexibility index (Phi) is 3.62. The van der Waals surface area contributed by atoms with E-state index in [2.05, 4.69) is 10.3 Å². The van der Waals surface area contributed by atoms with E-state index in [0.717, 1.165) is 25.7 Å². The summed E-state index contributed by atoms with van der Waals surface area (Å²) in [4.78, 5) is 14.0. The summed E-state index contributed by atoms with van der Waals surface area (Å²) >= 11 is 0. The topological polar surface area (TPSA) is 112 Å². The summed E-state index contributed by atoms with van der Waals surface area (Å²) in [5, 5.41) is 32.2. The molecule has 0 atom stereocenters. The SMILES string of the molecule is N#Cc1nc(NC2(CO)CCCC2)ccc1[N+](=O)[O-]. The van der Waals surface area contributed by atoms with Crippen molar-refractivity contribution in [2.45, 2.75) is 31.2 Å². The van der Waals surface area contributed by atoms with Gasteiger partial charge in [-0.05, 0) is 18.9 Å². The molecule has 1 aromatic rings. The van der Waals surface area contributed by atoms with Gasteiger partial charge in [0.15, 0.2) is 0 Å². The Morgan fingerprint density at radius 3 is 2.74 bits per heavy atom. The quantitative estimate of drug-likeness (QED) is 0.629. The number of nitro groups is 1. The van der Waals surface area contributed by atoms with Gasteiger partial charge in [-0.25, -0.2) is 4.98 Å². The smallest absolute Gasteiger partial charge is 0.305 e. The average molecular weight is 262 g/mol. The summed E-state index contributed by atoms with van der Waals surface area (Å²) < 4.78 is 0. The molecule has 1 fully saturated rings. The Balaban J connectivity index is 2.27. The van der Waals surface area contributed by atoms with Gasteiger partial charge in [-0.15, -0.1) is 0 Å². The van der Waals surface area contributed by atoms with Crippen LogP contribution in [0.4, 0.5) is 11.5 Å². The van der Waals surface area contributed by atoms with Crippen molar-refractivity contribution in [3.05, 3.63) is 27.9 Å². The maximum absolute atomic E-state index is 10.7. The van der Waals surface area contributed by atoms with Crippen LogP contribution in [0.3, 0.4) is 0 Å². The van der Waals surface area contributed by atoms with Crippen molar-refractivity contribution < 1.29 is 10.0 Å². The van der Waals surface area contributed by atoms with Crippen molar-refractivity contribution in [1.29, 1.82) is 5.26 Å². The second kappa shape index (κ2) is 5.20. The Morgan fingerprint density at radius 2 is 2.21 bits per heavy atom. The second-order valence-corrected chi connectivity index (χ2v) is 4.70. The molecule has 0 unspecified atom stereocenters. The third-order valence-corrected chi connectivity index (χ3v) is 3.43. The Morgan fingerprint density at radius 1 is 1.53 bits per heavy atom.